The number of halogens is 2. The molecule has 32 heavy (non-hydrogen) atoms. The zero-order valence-corrected chi connectivity index (χ0v) is 18.0. The number of amides is 1. The number of carbonyl (C=O) groups is 1. The molecular weight excluding hydrogens is 412 g/mol. The number of rotatable bonds is 5. The molecule has 5 nitrogen and oxygen atoms in total. The van der Waals surface area contributed by atoms with E-state index in [4.69, 9.17) is 4.74 Å². The molecule has 0 aliphatic rings. The third-order valence-corrected chi connectivity index (χ3v) is 4.52. The maximum absolute atomic E-state index is 13.8. The van der Waals surface area contributed by atoms with Crippen LogP contribution in [0.4, 0.5) is 13.6 Å². The summed E-state index contributed by atoms with van der Waals surface area (Å²) in [4.78, 5) is 17.0. The Morgan fingerprint density at radius 3 is 2.50 bits per heavy atom. The lowest BCUT2D eigenvalue weighted by Gasteiger charge is -2.25. The zero-order chi connectivity index (χ0) is 23.3. The molecule has 1 amide bonds. The van der Waals surface area contributed by atoms with Crippen LogP contribution in [0.15, 0.2) is 60.8 Å². The van der Waals surface area contributed by atoms with Gasteiger partial charge in [0.15, 0.2) is 0 Å². The summed E-state index contributed by atoms with van der Waals surface area (Å²) in [6.07, 6.45) is 0.973. The Bertz CT molecular complexity index is 1150. The molecule has 3 rings (SSSR count). The number of aromatic nitrogens is 1. The predicted octanol–water partition coefficient (Wildman–Crippen LogP) is 5.71. The molecular formula is C25H23F2N3O2. The highest BCUT2D eigenvalue weighted by Crippen LogP contribution is 2.30. The monoisotopic (exact) mass is 435 g/mol. The summed E-state index contributed by atoms with van der Waals surface area (Å²) >= 11 is 0. The van der Waals surface area contributed by atoms with E-state index in [1.54, 1.807) is 51.2 Å². The molecule has 0 aliphatic heterocycles. The largest absolute Gasteiger partial charge is 0.444 e. The fourth-order valence-electron chi connectivity index (χ4n) is 3.33. The lowest BCUT2D eigenvalue weighted by Crippen LogP contribution is -2.36. The van der Waals surface area contributed by atoms with Crippen molar-refractivity contribution < 1.29 is 18.3 Å². The Balaban J connectivity index is 2.04. The van der Waals surface area contributed by atoms with Gasteiger partial charge in [-0.2, -0.15) is 5.26 Å². The number of pyridine rings is 1. The molecule has 2 aromatic carbocycles. The Morgan fingerprint density at radius 1 is 1.12 bits per heavy atom. The van der Waals surface area contributed by atoms with E-state index in [9.17, 15) is 18.8 Å². The lowest BCUT2D eigenvalue weighted by molar-refractivity contribution is 0.0502. The number of carbonyl (C=O) groups excluding carboxylic acids is 1. The molecule has 1 aromatic heterocycles. The van der Waals surface area contributed by atoms with Crippen molar-refractivity contribution in [1.82, 2.24) is 10.3 Å². The van der Waals surface area contributed by atoms with Crippen LogP contribution in [-0.2, 0) is 11.2 Å². The minimum Gasteiger partial charge on any atom is -0.444 e. The number of hydrogen-bond donors (Lipinski definition) is 1. The molecule has 0 saturated heterocycles. The molecule has 0 bridgehead atoms. The summed E-state index contributed by atoms with van der Waals surface area (Å²) in [6, 6.07) is 15.1. The van der Waals surface area contributed by atoms with E-state index >= 15 is 0 Å². The van der Waals surface area contributed by atoms with Gasteiger partial charge in [-0.25, -0.2) is 13.6 Å². The normalized spacial score (nSPS) is 12.0. The van der Waals surface area contributed by atoms with Crippen LogP contribution < -0.4 is 5.32 Å². The first-order chi connectivity index (χ1) is 15.1. The molecule has 164 valence electrons. The van der Waals surface area contributed by atoms with Gasteiger partial charge in [-0.05, 0) is 68.7 Å². The van der Waals surface area contributed by atoms with Crippen LogP contribution in [0, 0.1) is 23.0 Å². The first-order valence-electron chi connectivity index (χ1n) is 10.0. The summed E-state index contributed by atoms with van der Waals surface area (Å²) in [5.74, 6) is -1.42. The van der Waals surface area contributed by atoms with Crippen LogP contribution in [0.3, 0.4) is 0 Å². The molecule has 0 radical (unpaired) electrons. The summed E-state index contributed by atoms with van der Waals surface area (Å²) in [5.41, 5.74) is 1.99. The number of benzene rings is 2. The van der Waals surface area contributed by atoms with Gasteiger partial charge in [0.2, 0.25) is 0 Å². The molecule has 0 spiro atoms. The predicted molar refractivity (Wildman–Crippen MR) is 117 cm³/mol. The minimum atomic E-state index is -0.743. The van der Waals surface area contributed by atoms with Crippen molar-refractivity contribution in [3.63, 3.8) is 0 Å². The SMILES string of the molecule is CC(C)(C)OC(=O)N[C@@H](Cc1cc(F)cc(F)c1)c1ncccc1-c1cccc(C#N)c1. The molecule has 0 fully saturated rings. The highest BCUT2D eigenvalue weighted by molar-refractivity contribution is 5.71. The minimum absolute atomic E-state index is 0.0792. The van der Waals surface area contributed by atoms with E-state index in [-0.39, 0.29) is 6.42 Å². The average molecular weight is 435 g/mol. The van der Waals surface area contributed by atoms with Gasteiger partial charge in [-0.3, -0.25) is 4.98 Å². The second kappa shape index (κ2) is 9.56. The zero-order valence-electron chi connectivity index (χ0n) is 18.0. The smallest absolute Gasteiger partial charge is 0.408 e. The number of nitrogens with zero attached hydrogens (tertiary/aromatic N) is 2. The first kappa shape index (κ1) is 22.9. The van der Waals surface area contributed by atoms with Crippen LogP contribution in [-0.4, -0.2) is 16.7 Å². The second-order valence-electron chi connectivity index (χ2n) is 8.31. The van der Waals surface area contributed by atoms with Crippen LogP contribution >= 0.6 is 0 Å². The number of ether oxygens (including phenoxy) is 1. The Hall–Kier alpha value is -3.79. The Labute approximate surface area is 185 Å². The Morgan fingerprint density at radius 2 is 1.84 bits per heavy atom. The van der Waals surface area contributed by atoms with E-state index < -0.39 is 29.4 Å². The van der Waals surface area contributed by atoms with Gasteiger partial charge in [0.1, 0.15) is 17.2 Å². The molecule has 1 N–H and O–H groups in total. The standard InChI is InChI=1S/C25H23F2N3O2/c1-25(2,3)32-24(31)30-22(13-17-11-19(26)14-20(27)12-17)23-21(8-5-9-29-23)18-7-4-6-16(10-18)15-28/h4-12,14,22H,13H2,1-3H3,(H,30,31)/t22-/m0/s1. The highest BCUT2D eigenvalue weighted by Gasteiger charge is 2.24. The lowest BCUT2D eigenvalue weighted by atomic mass is 9.95. The first-order valence-corrected chi connectivity index (χ1v) is 10.0. The van der Waals surface area contributed by atoms with E-state index in [1.807, 2.05) is 12.1 Å². The molecule has 0 aliphatic carbocycles. The molecule has 1 atom stereocenters. The quantitative estimate of drug-likeness (QED) is 0.557. The summed E-state index contributed by atoms with van der Waals surface area (Å²) < 4.78 is 33.0. The van der Waals surface area contributed by atoms with Crippen LogP contribution in [0.2, 0.25) is 0 Å². The topological polar surface area (TPSA) is 75.0 Å². The average Bonchev–Trinajstić information content (AvgIpc) is 2.71. The van der Waals surface area contributed by atoms with E-state index in [0.29, 0.717) is 22.4 Å². The highest BCUT2D eigenvalue weighted by atomic mass is 19.1. The molecule has 1 heterocycles. The third-order valence-electron chi connectivity index (χ3n) is 4.52. The number of nitrogens with one attached hydrogen (secondary N) is 1. The van der Waals surface area contributed by atoms with Crippen molar-refractivity contribution in [2.75, 3.05) is 0 Å². The van der Waals surface area contributed by atoms with Crippen molar-refractivity contribution >= 4 is 6.09 Å². The number of nitriles is 1. The van der Waals surface area contributed by atoms with Crippen molar-refractivity contribution in [3.05, 3.63) is 89.2 Å². The van der Waals surface area contributed by atoms with Crippen molar-refractivity contribution in [2.45, 2.75) is 38.8 Å². The fraction of sp³-hybridized carbons (Fsp3) is 0.240. The van der Waals surface area contributed by atoms with Crippen LogP contribution in [0.25, 0.3) is 11.1 Å². The van der Waals surface area contributed by atoms with Gasteiger partial charge in [0.25, 0.3) is 0 Å². The molecule has 7 heteroatoms. The second-order valence-corrected chi connectivity index (χ2v) is 8.31. The van der Waals surface area contributed by atoms with Gasteiger partial charge in [-0.15, -0.1) is 0 Å². The third kappa shape index (κ3) is 6.11. The van der Waals surface area contributed by atoms with E-state index in [2.05, 4.69) is 16.4 Å². The fourth-order valence-corrected chi connectivity index (χ4v) is 3.33. The van der Waals surface area contributed by atoms with Crippen LogP contribution in [0.1, 0.15) is 43.6 Å². The summed E-state index contributed by atoms with van der Waals surface area (Å²) in [6.45, 7) is 5.22. The van der Waals surface area contributed by atoms with Crippen molar-refractivity contribution in [3.8, 4) is 17.2 Å². The van der Waals surface area contributed by atoms with Crippen LogP contribution in [0.5, 0.6) is 0 Å². The van der Waals surface area contributed by atoms with Gasteiger partial charge >= 0.3 is 6.09 Å². The van der Waals surface area contributed by atoms with Gasteiger partial charge in [0, 0.05) is 17.8 Å². The molecule has 3 aromatic rings. The summed E-state index contributed by atoms with van der Waals surface area (Å²) in [7, 11) is 0. The van der Waals surface area contributed by atoms with Crippen molar-refractivity contribution in [2.24, 2.45) is 0 Å². The van der Waals surface area contributed by atoms with E-state index in [1.165, 1.54) is 12.1 Å². The van der Waals surface area contributed by atoms with Gasteiger partial charge in [0.05, 0.1) is 23.4 Å². The van der Waals surface area contributed by atoms with Crippen molar-refractivity contribution in [1.29, 1.82) is 5.26 Å². The number of alkyl carbamates (subject to hydrolysis) is 1. The molecule has 0 unspecified atom stereocenters. The summed E-state index contributed by atoms with van der Waals surface area (Å²) in [5, 5.41) is 12.0. The Kier molecular flexibility index (Phi) is 6.84. The number of hydrogen-bond acceptors (Lipinski definition) is 4. The maximum atomic E-state index is 13.8. The van der Waals surface area contributed by atoms with Gasteiger partial charge in [-0.1, -0.05) is 18.2 Å². The van der Waals surface area contributed by atoms with E-state index in [0.717, 1.165) is 11.6 Å². The van der Waals surface area contributed by atoms with Gasteiger partial charge < -0.3 is 10.1 Å². The maximum Gasteiger partial charge on any atom is 0.408 e. The molecule has 0 saturated carbocycles.